The van der Waals surface area contributed by atoms with Crippen molar-refractivity contribution in [3.8, 4) is 0 Å². The molecular formula is C12H14Br2N2OS. The molecule has 1 atom stereocenters. The molecule has 0 amide bonds. The van der Waals surface area contributed by atoms with E-state index in [0.29, 0.717) is 11.2 Å². The van der Waals surface area contributed by atoms with Crippen LogP contribution in [0.4, 0.5) is 0 Å². The Morgan fingerprint density at radius 1 is 1.50 bits per heavy atom. The van der Waals surface area contributed by atoms with Gasteiger partial charge in [-0.3, -0.25) is 4.90 Å². The first-order valence-corrected chi connectivity index (χ1v) is 7.95. The summed E-state index contributed by atoms with van der Waals surface area (Å²) in [6.07, 6.45) is 0. The van der Waals surface area contributed by atoms with Crippen LogP contribution in [0.15, 0.2) is 37.1 Å². The number of likely N-dealkylation sites (N-methyl/N-ethyl adjacent to an activating group) is 1. The van der Waals surface area contributed by atoms with Gasteiger partial charge in [-0.15, -0.1) is 11.3 Å². The minimum absolute atomic E-state index is 0.0784. The number of thiophene rings is 1. The van der Waals surface area contributed by atoms with E-state index in [-0.39, 0.29) is 6.04 Å². The van der Waals surface area contributed by atoms with E-state index in [1.165, 1.54) is 4.88 Å². The third-order valence-electron chi connectivity index (χ3n) is 2.73. The highest BCUT2D eigenvalue weighted by atomic mass is 79.9. The average molecular weight is 394 g/mol. The Morgan fingerprint density at radius 2 is 2.28 bits per heavy atom. The van der Waals surface area contributed by atoms with E-state index in [2.05, 4.69) is 61.3 Å². The van der Waals surface area contributed by atoms with Crippen molar-refractivity contribution in [2.24, 2.45) is 5.73 Å². The van der Waals surface area contributed by atoms with Crippen LogP contribution in [0.25, 0.3) is 0 Å². The summed E-state index contributed by atoms with van der Waals surface area (Å²) < 4.78 is 7.29. The number of hydrogen-bond donors (Lipinski definition) is 1. The molecule has 0 aliphatic rings. The summed E-state index contributed by atoms with van der Waals surface area (Å²) >= 11 is 8.53. The van der Waals surface area contributed by atoms with Crippen molar-refractivity contribution in [3.63, 3.8) is 0 Å². The zero-order valence-electron chi connectivity index (χ0n) is 9.90. The zero-order valence-corrected chi connectivity index (χ0v) is 13.9. The first-order chi connectivity index (χ1) is 8.61. The lowest BCUT2D eigenvalue weighted by molar-refractivity contribution is 0.213. The lowest BCUT2D eigenvalue weighted by atomic mass is 10.2. The number of rotatable bonds is 5. The van der Waals surface area contributed by atoms with Gasteiger partial charge in [-0.25, -0.2) is 0 Å². The molecule has 2 aromatic heterocycles. The lowest BCUT2D eigenvalue weighted by Gasteiger charge is -2.24. The number of nitrogens with zero attached hydrogens (tertiary/aromatic N) is 1. The fourth-order valence-corrected chi connectivity index (χ4v) is 3.17. The van der Waals surface area contributed by atoms with Crippen LogP contribution in [-0.4, -0.2) is 18.5 Å². The Hall–Kier alpha value is -0.140. The van der Waals surface area contributed by atoms with Crippen molar-refractivity contribution < 1.29 is 4.42 Å². The van der Waals surface area contributed by atoms with Crippen molar-refractivity contribution in [2.45, 2.75) is 12.6 Å². The van der Waals surface area contributed by atoms with Crippen LogP contribution in [0.2, 0.25) is 0 Å². The molecule has 0 bridgehead atoms. The molecular weight excluding hydrogens is 380 g/mol. The quantitative estimate of drug-likeness (QED) is 0.834. The molecule has 2 aromatic rings. The van der Waals surface area contributed by atoms with Crippen LogP contribution in [0.1, 0.15) is 16.7 Å². The van der Waals surface area contributed by atoms with E-state index in [1.807, 2.05) is 6.07 Å². The summed E-state index contributed by atoms with van der Waals surface area (Å²) in [6.45, 7) is 1.39. The van der Waals surface area contributed by atoms with Crippen molar-refractivity contribution in [1.29, 1.82) is 0 Å². The molecule has 0 radical (unpaired) electrons. The topological polar surface area (TPSA) is 42.4 Å². The summed E-state index contributed by atoms with van der Waals surface area (Å²) in [4.78, 5) is 3.52. The van der Waals surface area contributed by atoms with Gasteiger partial charge in [0.25, 0.3) is 0 Å². The van der Waals surface area contributed by atoms with Gasteiger partial charge in [0.15, 0.2) is 4.67 Å². The van der Waals surface area contributed by atoms with E-state index < -0.39 is 0 Å². The molecule has 0 aliphatic heterocycles. The lowest BCUT2D eigenvalue weighted by Crippen LogP contribution is -2.29. The van der Waals surface area contributed by atoms with Gasteiger partial charge in [-0.1, -0.05) is 6.07 Å². The van der Waals surface area contributed by atoms with Crippen LogP contribution in [0.3, 0.4) is 0 Å². The van der Waals surface area contributed by atoms with Gasteiger partial charge >= 0.3 is 0 Å². The Kier molecular flexibility index (Phi) is 5.03. The first-order valence-electron chi connectivity index (χ1n) is 5.49. The number of hydrogen-bond acceptors (Lipinski definition) is 4. The van der Waals surface area contributed by atoms with Crippen molar-refractivity contribution in [1.82, 2.24) is 4.90 Å². The Labute approximate surface area is 127 Å². The highest BCUT2D eigenvalue weighted by molar-refractivity contribution is 9.13. The summed E-state index contributed by atoms with van der Waals surface area (Å²) in [7, 11) is 2.06. The minimum Gasteiger partial charge on any atom is -0.451 e. The first kappa shape index (κ1) is 14.3. The largest absolute Gasteiger partial charge is 0.451 e. The van der Waals surface area contributed by atoms with Crippen LogP contribution < -0.4 is 5.73 Å². The fraction of sp³-hybridized carbons (Fsp3) is 0.333. The molecule has 0 aliphatic carbocycles. The summed E-state index contributed by atoms with van der Waals surface area (Å²) in [5, 5.41) is 2.08. The highest BCUT2D eigenvalue weighted by Crippen LogP contribution is 2.32. The number of furan rings is 1. The predicted octanol–water partition coefficient (Wildman–Crippen LogP) is 4.00. The molecule has 0 spiro atoms. The monoisotopic (exact) mass is 392 g/mol. The van der Waals surface area contributed by atoms with Gasteiger partial charge in [0.2, 0.25) is 0 Å². The molecule has 0 saturated heterocycles. The molecule has 0 saturated carbocycles. The maximum absolute atomic E-state index is 5.87. The normalized spacial score (nSPS) is 13.2. The molecule has 2 rings (SSSR count). The third kappa shape index (κ3) is 3.24. The van der Waals surface area contributed by atoms with Crippen molar-refractivity contribution in [2.75, 3.05) is 13.6 Å². The maximum Gasteiger partial charge on any atom is 0.183 e. The smallest absolute Gasteiger partial charge is 0.183 e. The van der Waals surface area contributed by atoms with E-state index in [0.717, 1.165) is 16.8 Å². The van der Waals surface area contributed by atoms with Crippen LogP contribution in [0.5, 0.6) is 0 Å². The van der Waals surface area contributed by atoms with Crippen LogP contribution in [0, 0.1) is 0 Å². The molecule has 0 aromatic carbocycles. The zero-order chi connectivity index (χ0) is 13.1. The average Bonchev–Trinajstić information content (AvgIpc) is 2.92. The van der Waals surface area contributed by atoms with E-state index >= 15 is 0 Å². The minimum atomic E-state index is 0.0784. The van der Waals surface area contributed by atoms with Gasteiger partial charge in [-0.2, -0.15) is 0 Å². The van der Waals surface area contributed by atoms with Crippen LogP contribution >= 0.6 is 43.2 Å². The highest BCUT2D eigenvalue weighted by Gasteiger charge is 2.21. The molecule has 2 N–H and O–H groups in total. The Morgan fingerprint density at radius 3 is 2.78 bits per heavy atom. The second-order valence-electron chi connectivity index (χ2n) is 4.02. The molecule has 2 heterocycles. The van der Waals surface area contributed by atoms with Crippen molar-refractivity contribution in [3.05, 3.63) is 43.4 Å². The summed E-state index contributed by atoms with van der Waals surface area (Å²) in [6, 6.07) is 6.23. The molecule has 6 heteroatoms. The molecule has 0 fully saturated rings. The summed E-state index contributed by atoms with van der Waals surface area (Å²) in [5.74, 6) is 0.871. The number of halogens is 2. The van der Waals surface area contributed by atoms with Gasteiger partial charge in [0.1, 0.15) is 5.76 Å². The van der Waals surface area contributed by atoms with Gasteiger partial charge in [0, 0.05) is 18.0 Å². The van der Waals surface area contributed by atoms with Crippen LogP contribution in [-0.2, 0) is 6.54 Å². The molecule has 18 heavy (non-hydrogen) atoms. The van der Waals surface area contributed by atoms with E-state index in [1.54, 1.807) is 11.3 Å². The SMILES string of the molecule is CN(Cc1cccs1)C(CN)c1cc(Br)c(Br)o1. The second-order valence-corrected chi connectivity index (χ2v) is 6.62. The second kappa shape index (κ2) is 6.34. The standard InChI is InChI=1S/C12H14Br2N2OS/c1-16(7-8-3-2-4-18-8)10(6-15)11-5-9(13)12(14)17-11/h2-5,10H,6-7,15H2,1H3. The number of nitrogens with two attached hydrogens (primary N) is 1. The van der Waals surface area contributed by atoms with Crippen molar-refractivity contribution >= 4 is 43.2 Å². The fourth-order valence-electron chi connectivity index (χ4n) is 1.80. The summed E-state index contributed by atoms with van der Waals surface area (Å²) in [5.41, 5.74) is 5.87. The maximum atomic E-state index is 5.87. The van der Waals surface area contributed by atoms with E-state index in [4.69, 9.17) is 10.2 Å². The molecule has 3 nitrogen and oxygen atoms in total. The Balaban J connectivity index is 2.12. The third-order valence-corrected chi connectivity index (χ3v) is 5.30. The van der Waals surface area contributed by atoms with Gasteiger partial charge in [0.05, 0.1) is 10.5 Å². The molecule has 1 unspecified atom stereocenters. The van der Waals surface area contributed by atoms with E-state index in [9.17, 15) is 0 Å². The molecule has 98 valence electrons. The van der Waals surface area contributed by atoms with Gasteiger partial charge in [-0.05, 0) is 56.4 Å². The predicted molar refractivity (Wildman–Crippen MR) is 81.7 cm³/mol. The Bertz CT molecular complexity index is 479. The van der Waals surface area contributed by atoms with Gasteiger partial charge < -0.3 is 10.2 Å².